The molecule has 0 spiro atoms. The summed E-state index contributed by atoms with van der Waals surface area (Å²) in [6, 6.07) is 14.5. The zero-order valence-electron chi connectivity index (χ0n) is 20.9. The molecule has 0 saturated heterocycles. The number of nitrogens with one attached hydrogen (secondary N) is 1. The van der Waals surface area contributed by atoms with E-state index < -0.39 is 16.1 Å². The smallest absolute Gasteiger partial charge is 0.242 e. The van der Waals surface area contributed by atoms with Crippen LogP contribution in [0, 0.1) is 13.8 Å². The minimum atomic E-state index is -3.52. The van der Waals surface area contributed by atoms with Crippen molar-refractivity contribution in [2.45, 2.75) is 59.5 Å². The minimum Gasteiger partial charge on any atom is -0.354 e. The van der Waals surface area contributed by atoms with Gasteiger partial charge in [0.1, 0.15) is 6.04 Å². The molecule has 0 heterocycles. The fourth-order valence-corrected chi connectivity index (χ4v) is 4.76. The highest BCUT2D eigenvalue weighted by Gasteiger charge is 2.26. The van der Waals surface area contributed by atoms with Crippen molar-refractivity contribution < 1.29 is 18.0 Å². The van der Waals surface area contributed by atoms with Crippen LogP contribution < -0.4 is 9.62 Å². The maximum atomic E-state index is 13.2. The van der Waals surface area contributed by atoms with Crippen LogP contribution in [0.2, 0.25) is 0 Å². The Balaban J connectivity index is 2.16. The first-order chi connectivity index (χ1) is 16.1. The van der Waals surface area contributed by atoms with E-state index in [-0.39, 0.29) is 24.8 Å². The summed E-state index contributed by atoms with van der Waals surface area (Å²) < 4.78 is 26.4. The first-order valence-electron chi connectivity index (χ1n) is 11.7. The standard InChI is InChI=1S/C26H37N3O4S/c1-6-17-27-26(31)22(4)28(19-23-13-8-7-9-14-23)25(30)16-11-18-29(34(5,32)33)24-15-10-12-20(2)21(24)3/h7-10,12-15,22H,6,11,16-19H2,1-5H3,(H,27,31)/t22-/m0/s1. The second-order valence-electron chi connectivity index (χ2n) is 8.63. The summed E-state index contributed by atoms with van der Waals surface area (Å²) >= 11 is 0. The fourth-order valence-electron chi connectivity index (χ4n) is 3.75. The molecule has 1 atom stereocenters. The Morgan fingerprint density at radius 1 is 1.03 bits per heavy atom. The van der Waals surface area contributed by atoms with Gasteiger partial charge in [0.25, 0.3) is 0 Å². The second kappa shape index (κ2) is 12.6. The minimum absolute atomic E-state index is 0.134. The van der Waals surface area contributed by atoms with Crippen molar-refractivity contribution in [1.29, 1.82) is 0 Å². The number of carbonyl (C=O) groups excluding carboxylic acids is 2. The number of carbonyl (C=O) groups is 2. The summed E-state index contributed by atoms with van der Waals surface area (Å²) in [5.41, 5.74) is 3.46. The lowest BCUT2D eigenvalue weighted by Crippen LogP contribution is -2.47. The highest BCUT2D eigenvalue weighted by atomic mass is 32.2. The molecule has 2 amide bonds. The quantitative estimate of drug-likeness (QED) is 0.493. The van der Waals surface area contributed by atoms with Gasteiger partial charge in [0.15, 0.2) is 0 Å². The third-order valence-corrected chi connectivity index (χ3v) is 7.09. The molecule has 0 aliphatic heterocycles. The van der Waals surface area contributed by atoms with Crippen LogP contribution in [0.15, 0.2) is 48.5 Å². The van der Waals surface area contributed by atoms with Gasteiger partial charge in [0.2, 0.25) is 21.8 Å². The molecule has 8 heteroatoms. The van der Waals surface area contributed by atoms with Crippen molar-refractivity contribution >= 4 is 27.5 Å². The molecular formula is C26H37N3O4S. The van der Waals surface area contributed by atoms with Gasteiger partial charge in [0.05, 0.1) is 11.9 Å². The van der Waals surface area contributed by atoms with E-state index in [0.717, 1.165) is 23.1 Å². The van der Waals surface area contributed by atoms with Gasteiger partial charge in [-0.1, -0.05) is 49.4 Å². The van der Waals surface area contributed by atoms with E-state index in [1.807, 2.05) is 63.2 Å². The number of sulfonamides is 1. The predicted molar refractivity (Wildman–Crippen MR) is 137 cm³/mol. The lowest BCUT2D eigenvalue weighted by Gasteiger charge is -2.29. The molecule has 2 aromatic carbocycles. The van der Waals surface area contributed by atoms with Crippen molar-refractivity contribution in [3.05, 3.63) is 65.2 Å². The molecule has 0 bridgehead atoms. The number of hydrogen-bond donors (Lipinski definition) is 1. The highest BCUT2D eigenvalue weighted by Crippen LogP contribution is 2.25. The molecule has 2 rings (SSSR count). The summed E-state index contributed by atoms with van der Waals surface area (Å²) in [7, 11) is -3.52. The van der Waals surface area contributed by atoms with Gasteiger partial charge in [0, 0.05) is 26.1 Å². The molecule has 34 heavy (non-hydrogen) atoms. The number of hydrogen-bond acceptors (Lipinski definition) is 4. The molecule has 186 valence electrons. The number of rotatable bonds is 12. The first kappa shape index (κ1) is 27.4. The van der Waals surface area contributed by atoms with Gasteiger partial charge in [-0.15, -0.1) is 0 Å². The maximum Gasteiger partial charge on any atom is 0.242 e. The van der Waals surface area contributed by atoms with E-state index in [1.54, 1.807) is 17.9 Å². The van der Waals surface area contributed by atoms with Crippen molar-refractivity contribution in [2.75, 3.05) is 23.7 Å². The molecule has 0 aromatic heterocycles. The average Bonchev–Trinajstić information content (AvgIpc) is 2.80. The van der Waals surface area contributed by atoms with Gasteiger partial charge in [-0.2, -0.15) is 0 Å². The molecule has 0 radical (unpaired) electrons. The highest BCUT2D eigenvalue weighted by molar-refractivity contribution is 7.92. The zero-order chi connectivity index (χ0) is 25.3. The number of aryl methyl sites for hydroxylation is 1. The molecule has 0 unspecified atom stereocenters. The van der Waals surface area contributed by atoms with Gasteiger partial charge in [-0.05, 0) is 56.4 Å². The topological polar surface area (TPSA) is 86.8 Å². The Bertz CT molecular complexity index is 1070. The van der Waals surface area contributed by atoms with Crippen LogP contribution in [-0.4, -0.2) is 50.5 Å². The third-order valence-electron chi connectivity index (χ3n) is 5.91. The lowest BCUT2D eigenvalue weighted by atomic mass is 10.1. The fraction of sp³-hybridized carbons (Fsp3) is 0.462. The van der Waals surface area contributed by atoms with Crippen molar-refractivity contribution in [3.8, 4) is 0 Å². The number of amides is 2. The lowest BCUT2D eigenvalue weighted by molar-refractivity contribution is -0.140. The second-order valence-corrected chi connectivity index (χ2v) is 10.5. The van der Waals surface area contributed by atoms with Crippen LogP contribution in [0.4, 0.5) is 5.69 Å². The largest absolute Gasteiger partial charge is 0.354 e. The molecule has 7 nitrogen and oxygen atoms in total. The molecule has 0 saturated carbocycles. The van der Waals surface area contributed by atoms with Crippen LogP contribution in [0.25, 0.3) is 0 Å². The number of nitrogens with zero attached hydrogens (tertiary/aromatic N) is 2. The Kier molecular flexibility index (Phi) is 10.1. The van der Waals surface area contributed by atoms with Crippen LogP contribution in [0.3, 0.4) is 0 Å². The summed E-state index contributed by atoms with van der Waals surface area (Å²) in [5.74, 6) is -0.378. The Morgan fingerprint density at radius 3 is 2.32 bits per heavy atom. The normalized spacial score (nSPS) is 12.1. The first-order valence-corrected chi connectivity index (χ1v) is 13.6. The van der Waals surface area contributed by atoms with Crippen LogP contribution in [0.5, 0.6) is 0 Å². The molecule has 0 fully saturated rings. The van der Waals surface area contributed by atoms with Crippen LogP contribution >= 0.6 is 0 Å². The maximum absolute atomic E-state index is 13.2. The SMILES string of the molecule is CCCNC(=O)[C@H](C)N(Cc1ccccc1)C(=O)CCCN(c1cccc(C)c1C)S(C)(=O)=O. The zero-order valence-corrected chi connectivity index (χ0v) is 21.7. The van der Waals surface area contributed by atoms with E-state index in [0.29, 0.717) is 25.2 Å². The average molecular weight is 488 g/mol. The van der Waals surface area contributed by atoms with Crippen molar-refractivity contribution in [2.24, 2.45) is 0 Å². The van der Waals surface area contributed by atoms with Gasteiger partial charge < -0.3 is 10.2 Å². The van der Waals surface area contributed by atoms with E-state index >= 15 is 0 Å². The molecular weight excluding hydrogens is 450 g/mol. The van der Waals surface area contributed by atoms with Gasteiger partial charge in [-0.3, -0.25) is 13.9 Å². The van der Waals surface area contributed by atoms with Crippen molar-refractivity contribution in [1.82, 2.24) is 10.2 Å². The number of anilines is 1. The predicted octanol–water partition coefficient (Wildman–Crippen LogP) is 3.79. The molecule has 2 aromatic rings. The number of benzene rings is 2. The summed E-state index contributed by atoms with van der Waals surface area (Å²) in [6.45, 7) is 8.58. The summed E-state index contributed by atoms with van der Waals surface area (Å²) in [5, 5.41) is 2.86. The monoisotopic (exact) mass is 487 g/mol. The Morgan fingerprint density at radius 2 is 1.71 bits per heavy atom. The van der Waals surface area contributed by atoms with Crippen LogP contribution in [0.1, 0.15) is 49.8 Å². The van der Waals surface area contributed by atoms with Crippen LogP contribution in [-0.2, 0) is 26.2 Å². The van der Waals surface area contributed by atoms with E-state index in [9.17, 15) is 18.0 Å². The Labute approximate surface area is 204 Å². The van der Waals surface area contributed by atoms with Gasteiger partial charge >= 0.3 is 0 Å². The van der Waals surface area contributed by atoms with E-state index in [4.69, 9.17) is 0 Å². The summed E-state index contributed by atoms with van der Waals surface area (Å²) in [6.07, 6.45) is 2.46. The summed E-state index contributed by atoms with van der Waals surface area (Å²) in [4.78, 5) is 27.4. The van der Waals surface area contributed by atoms with E-state index in [2.05, 4.69) is 5.32 Å². The molecule has 0 aliphatic carbocycles. The van der Waals surface area contributed by atoms with Crippen molar-refractivity contribution in [3.63, 3.8) is 0 Å². The molecule has 0 aliphatic rings. The van der Waals surface area contributed by atoms with E-state index in [1.165, 1.54) is 10.6 Å². The third kappa shape index (κ3) is 7.58. The molecule has 1 N–H and O–H groups in total. The Hall–Kier alpha value is -2.87. The van der Waals surface area contributed by atoms with Gasteiger partial charge in [-0.25, -0.2) is 8.42 Å².